The fourth-order valence-corrected chi connectivity index (χ4v) is 4.21. The van der Waals surface area contributed by atoms with Crippen molar-refractivity contribution in [2.75, 3.05) is 11.9 Å². The quantitative estimate of drug-likeness (QED) is 0.335. The van der Waals surface area contributed by atoms with E-state index in [0.717, 1.165) is 25.7 Å². The molecule has 0 amide bonds. The van der Waals surface area contributed by atoms with E-state index >= 15 is 0 Å². The van der Waals surface area contributed by atoms with Gasteiger partial charge in [-0.25, -0.2) is 14.5 Å². The highest BCUT2D eigenvalue weighted by Gasteiger charge is 2.44. The van der Waals surface area contributed by atoms with Gasteiger partial charge in [-0.05, 0) is 12.8 Å². The van der Waals surface area contributed by atoms with Gasteiger partial charge in [0.2, 0.25) is 0 Å². The first-order chi connectivity index (χ1) is 15.5. The highest BCUT2D eigenvalue weighted by atomic mass is 16.6. The third-order valence-corrected chi connectivity index (χ3v) is 5.93. The Hall–Kier alpha value is -3.13. The van der Waals surface area contributed by atoms with Crippen LogP contribution in [0.4, 0.5) is 5.82 Å². The first-order valence-electron chi connectivity index (χ1n) is 10.4. The first kappa shape index (κ1) is 20.8. The molecule has 5 rings (SSSR count). The van der Waals surface area contributed by atoms with Crippen molar-refractivity contribution >= 4 is 23.0 Å². The zero-order valence-corrected chi connectivity index (χ0v) is 16.9. The summed E-state index contributed by atoms with van der Waals surface area (Å²) in [5.41, 5.74) is 0.720. The highest BCUT2D eigenvalue weighted by molar-refractivity contribution is 5.87. The molecule has 0 bridgehead atoms. The number of ether oxygens (including phenoxy) is 1. The molecule has 4 heterocycles. The predicted molar refractivity (Wildman–Crippen MR) is 108 cm³/mol. The molecule has 32 heavy (non-hydrogen) atoms. The Bertz CT molecular complexity index is 1140. The Morgan fingerprint density at radius 2 is 2.00 bits per heavy atom. The number of nitrogens with zero attached hydrogens (tertiary/aromatic N) is 6. The number of nitrogens with one attached hydrogen (secondary N) is 1. The van der Waals surface area contributed by atoms with Crippen LogP contribution in [0.25, 0.3) is 17.1 Å². The standard InChI is InChI=1S/C19H23N7O6/c27-7-11-13(28)14(29)17(32-11)25-8-20-12-15(22-10-3-1-2-4-10)23-19(24-16(12)25)26-6-9(5-21-26)18(30)31/h5-6,8,10-11,13-14,17,27-29H,1-4,7H2,(H,30,31)(H,22,23,24)/t11?,13-,14-,17-/m1/s1. The smallest absolute Gasteiger partial charge is 0.338 e. The van der Waals surface area contributed by atoms with E-state index in [4.69, 9.17) is 4.74 Å². The maximum Gasteiger partial charge on any atom is 0.338 e. The summed E-state index contributed by atoms with van der Waals surface area (Å²) in [6.07, 6.45) is 3.56. The molecular weight excluding hydrogens is 422 g/mol. The van der Waals surface area contributed by atoms with Gasteiger partial charge in [0.15, 0.2) is 23.2 Å². The highest BCUT2D eigenvalue weighted by Crippen LogP contribution is 2.33. The number of carboxylic acid groups (broad SMARTS) is 1. The van der Waals surface area contributed by atoms with Crippen molar-refractivity contribution in [3.05, 3.63) is 24.3 Å². The fourth-order valence-electron chi connectivity index (χ4n) is 4.21. The largest absolute Gasteiger partial charge is 0.478 e. The third-order valence-electron chi connectivity index (χ3n) is 5.93. The second-order valence-electron chi connectivity index (χ2n) is 8.03. The number of aromatic carboxylic acids is 1. The van der Waals surface area contributed by atoms with Crippen LogP contribution in [0, 0.1) is 0 Å². The van der Waals surface area contributed by atoms with Crippen LogP contribution in [0.5, 0.6) is 0 Å². The lowest BCUT2D eigenvalue weighted by atomic mass is 10.1. The molecule has 3 aromatic heterocycles. The number of carbonyl (C=O) groups is 1. The molecule has 5 N–H and O–H groups in total. The van der Waals surface area contributed by atoms with E-state index in [1.165, 1.54) is 28.0 Å². The van der Waals surface area contributed by atoms with Crippen molar-refractivity contribution in [3.8, 4) is 5.95 Å². The summed E-state index contributed by atoms with van der Waals surface area (Å²) in [5.74, 6) is -0.563. The van der Waals surface area contributed by atoms with Gasteiger partial charge in [-0.15, -0.1) is 0 Å². The van der Waals surface area contributed by atoms with Crippen LogP contribution in [-0.4, -0.2) is 86.7 Å². The summed E-state index contributed by atoms with van der Waals surface area (Å²) in [6.45, 7) is -0.457. The molecule has 13 nitrogen and oxygen atoms in total. The maximum absolute atomic E-state index is 11.3. The van der Waals surface area contributed by atoms with E-state index in [2.05, 4.69) is 25.4 Å². The number of hydrogen-bond donors (Lipinski definition) is 5. The van der Waals surface area contributed by atoms with E-state index in [9.17, 15) is 25.2 Å². The Morgan fingerprint density at radius 3 is 2.66 bits per heavy atom. The summed E-state index contributed by atoms with van der Waals surface area (Å²) in [7, 11) is 0. The number of aromatic nitrogens is 6. The zero-order chi connectivity index (χ0) is 22.4. The molecule has 1 saturated carbocycles. The number of fused-ring (bicyclic) bond motifs is 1. The Morgan fingerprint density at radius 1 is 1.22 bits per heavy atom. The monoisotopic (exact) mass is 445 g/mol. The van der Waals surface area contributed by atoms with Crippen LogP contribution in [0.3, 0.4) is 0 Å². The summed E-state index contributed by atoms with van der Waals surface area (Å²) < 4.78 is 8.35. The number of rotatable bonds is 6. The Labute approximate surface area is 181 Å². The summed E-state index contributed by atoms with van der Waals surface area (Å²) in [4.78, 5) is 24.7. The SMILES string of the molecule is O=C(O)c1cnn(-c2nc(NC3CCCC3)c3ncn([C@@H]4OC(CO)[C@@H](O)[C@H]4O)c3n2)c1. The van der Waals surface area contributed by atoms with E-state index in [1.807, 2.05) is 0 Å². The molecular formula is C19H23N7O6. The zero-order valence-electron chi connectivity index (χ0n) is 16.9. The fraction of sp³-hybridized carbons (Fsp3) is 0.526. The average molecular weight is 445 g/mol. The van der Waals surface area contributed by atoms with Gasteiger partial charge in [0.05, 0.1) is 24.7 Å². The summed E-state index contributed by atoms with van der Waals surface area (Å²) in [6, 6.07) is 0.215. The van der Waals surface area contributed by atoms with E-state index in [-0.39, 0.29) is 17.6 Å². The number of imidazole rings is 1. The average Bonchev–Trinajstić information content (AvgIpc) is 3.56. The normalized spacial score (nSPS) is 26.2. The van der Waals surface area contributed by atoms with Gasteiger partial charge in [0.1, 0.15) is 18.3 Å². The molecule has 1 saturated heterocycles. The Balaban J connectivity index is 1.61. The minimum absolute atomic E-state index is 0.0176. The molecule has 13 heteroatoms. The Kier molecular flexibility index (Phi) is 5.25. The van der Waals surface area contributed by atoms with Gasteiger partial charge < -0.3 is 30.5 Å². The van der Waals surface area contributed by atoms with Crippen LogP contribution in [0.1, 0.15) is 42.3 Å². The molecule has 1 aliphatic heterocycles. The molecule has 0 radical (unpaired) electrons. The summed E-state index contributed by atoms with van der Waals surface area (Å²) in [5, 5.41) is 46.7. The number of carboxylic acids is 1. The lowest BCUT2D eigenvalue weighted by molar-refractivity contribution is -0.0511. The molecule has 0 aromatic carbocycles. The third kappa shape index (κ3) is 3.48. The number of aliphatic hydroxyl groups excluding tert-OH is 3. The van der Waals surface area contributed by atoms with Gasteiger partial charge in [-0.1, -0.05) is 12.8 Å². The van der Waals surface area contributed by atoms with Crippen LogP contribution in [-0.2, 0) is 4.74 Å². The second kappa shape index (κ2) is 8.09. The molecule has 1 aliphatic carbocycles. The van der Waals surface area contributed by atoms with Crippen LogP contribution < -0.4 is 5.32 Å². The van der Waals surface area contributed by atoms with Gasteiger partial charge in [0, 0.05) is 12.2 Å². The molecule has 1 unspecified atom stereocenters. The lowest BCUT2D eigenvalue weighted by Crippen LogP contribution is -2.33. The molecule has 170 valence electrons. The first-order valence-corrected chi connectivity index (χ1v) is 10.4. The van der Waals surface area contributed by atoms with Crippen LogP contribution in [0.2, 0.25) is 0 Å². The van der Waals surface area contributed by atoms with Crippen molar-refractivity contribution < 1.29 is 30.0 Å². The van der Waals surface area contributed by atoms with Gasteiger partial charge in [0.25, 0.3) is 5.95 Å². The maximum atomic E-state index is 11.3. The number of aliphatic hydroxyl groups is 3. The van der Waals surface area contributed by atoms with Crippen LogP contribution >= 0.6 is 0 Å². The molecule has 0 spiro atoms. The predicted octanol–water partition coefficient (Wildman–Crippen LogP) is -0.324. The molecule has 3 aromatic rings. The second-order valence-corrected chi connectivity index (χ2v) is 8.03. The van der Waals surface area contributed by atoms with Crippen molar-refractivity contribution in [1.82, 2.24) is 29.3 Å². The minimum atomic E-state index is -1.31. The van der Waals surface area contributed by atoms with Gasteiger partial charge >= 0.3 is 5.97 Å². The van der Waals surface area contributed by atoms with Crippen LogP contribution in [0.15, 0.2) is 18.7 Å². The van der Waals surface area contributed by atoms with Gasteiger partial charge in [-0.2, -0.15) is 15.1 Å². The van der Waals surface area contributed by atoms with E-state index < -0.39 is 37.1 Å². The summed E-state index contributed by atoms with van der Waals surface area (Å²) >= 11 is 0. The molecule has 2 aliphatic rings. The molecule has 2 fully saturated rings. The van der Waals surface area contributed by atoms with E-state index in [0.29, 0.717) is 17.0 Å². The van der Waals surface area contributed by atoms with Crippen molar-refractivity contribution in [2.24, 2.45) is 0 Å². The molecule has 4 atom stereocenters. The van der Waals surface area contributed by atoms with Crippen molar-refractivity contribution in [1.29, 1.82) is 0 Å². The van der Waals surface area contributed by atoms with Crippen molar-refractivity contribution in [2.45, 2.75) is 56.3 Å². The number of hydrogen-bond acceptors (Lipinski definition) is 10. The van der Waals surface area contributed by atoms with Crippen molar-refractivity contribution in [3.63, 3.8) is 0 Å². The van der Waals surface area contributed by atoms with Gasteiger partial charge in [-0.3, -0.25) is 4.57 Å². The number of anilines is 1. The minimum Gasteiger partial charge on any atom is -0.478 e. The van der Waals surface area contributed by atoms with E-state index in [1.54, 1.807) is 0 Å². The lowest BCUT2D eigenvalue weighted by Gasteiger charge is -2.18. The topological polar surface area (TPSA) is 181 Å².